The fourth-order valence-electron chi connectivity index (χ4n) is 1.60. The first-order valence-corrected chi connectivity index (χ1v) is 7.33. The molecule has 2 aromatic rings. The number of para-hydroxylation sites is 1. The molecule has 0 aliphatic heterocycles. The zero-order valence-electron chi connectivity index (χ0n) is 11.6. The number of amides is 1. The van der Waals surface area contributed by atoms with Gasteiger partial charge in [-0.1, -0.05) is 23.9 Å². The van der Waals surface area contributed by atoms with Crippen LogP contribution in [0.25, 0.3) is 0 Å². The Morgan fingerprint density at radius 3 is 2.76 bits per heavy atom. The molecule has 0 unspecified atom stereocenters. The molecule has 21 heavy (non-hydrogen) atoms. The number of carbonyl (C=O) groups excluding carboxylic acids is 1. The van der Waals surface area contributed by atoms with Crippen LogP contribution in [0.4, 0.5) is 0 Å². The molecule has 0 saturated heterocycles. The summed E-state index contributed by atoms with van der Waals surface area (Å²) >= 11 is 1.50. The van der Waals surface area contributed by atoms with E-state index in [1.165, 1.54) is 11.8 Å². The minimum atomic E-state index is -0.375. The standard InChI is InChI=1S/C14H16N4O2S/c1-10-8-16-14(17-9-10)21-7-6-20-12-5-3-2-4-11(12)13(19)18-15/h2-5,8-9H,6-7,15H2,1H3,(H,18,19). The number of nitrogen functional groups attached to an aromatic ring is 1. The number of thioether (sulfide) groups is 1. The van der Waals surface area contributed by atoms with Crippen LogP contribution in [0.3, 0.4) is 0 Å². The Hall–Kier alpha value is -2.12. The zero-order valence-corrected chi connectivity index (χ0v) is 12.4. The highest BCUT2D eigenvalue weighted by atomic mass is 32.2. The number of ether oxygens (including phenoxy) is 1. The summed E-state index contributed by atoms with van der Waals surface area (Å²) in [4.78, 5) is 20.0. The Kier molecular flexibility index (Phi) is 5.53. The second kappa shape index (κ2) is 7.61. The number of nitrogens with one attached hydrogen (secondary N) is 1. The Labute approximate surface area is 127 Å². The number of aryl methyl sites for hydroxylation is 1. The third-order valence-electron chi connectivity index (χ3n) is 2.59. The number of hydrogen-bond acceptors (Lipinski definition) is 6. The molecule has 0 aliphatic rings. The fourth-order valence-corrected chi connectivity index (χ4v) is 2.20. The third-order valence-corrected chi connectivity index (χ3v) is 3.43. The molecular weight excluding hydrogens is 288 g/mol. The van der Waals surface area contributed by atoms with Crippen LogP contribution < -0.4 is 16.0 Å². The molecular formula is C14H16N4O2S. The van der Waals surface area contributed by atoms with Crippen molar-refractivity contribution < 1.29 is 9.53 Å². The van der Waals surface area contributed by atoms with Crippen LogP contribution in [0.1, 0.15) is 15.9 Å². The van der Waals surface area contributed by atoms with E-state index in [1.807, 2.05) is 6.92 Å². The molecule has 6 nitrogen and oxygen atoms in total. The number of nitrogens with zero attached hydrogens (tertiary/aromatic N) is 2. The minimum Gasteiger partial charge on any atom is -0.492 e. The fraction of sp³-hybridized carbons (Fsp3) is 0.214. The van der Waals surface area contributed by atoms with E-state index in [4.69, 9.17) is 10.6 Å². The van der Waals surface area contributed by atoms with Crippen molar-refractivity contribution in [2.75, 3.05) is 12.4 Å². The van der Waals surface area contributed by atoms with E-state index < -0.39 is 0 Å². The first kappa shape index (κ1) is 15.3. The van der Waals surface area contributed by atoms with E-state index in [9.17, 15) is 4.79 Å². The summed E-state index contributed by atoms with van der Waals surface area (Å²) in [6, 6.07) is 6.95. The molecule has 0 spiro atoms. The van der Waals surface area contributed by atoms with Gasteiger partial charge in [-0.2, -0.15) is 0 Å². The van der Waals surface area contributed by atoms with Crippen molar-refractivity contribution in [3.63, 3.8) is 0 Å². The van der Waals surface area contributed by atoms with Crippen LogP contribution in [0.15, 0.2) is 41.8 Å². The molecule has 3 N–H and O–H groups in total. The summed E-state index contributed by atoms with van der Waals surface area (Å²) in [7, 11) is 0. The van der Waals surface area contributed by atoms with Crippen molar-refractivity contribution in [3.8, 4) is 5.75 Å². The molecule has 0 atom stereocenters. The van der Waals surface area contributed by atoms with Gasteiger partial charge < -0.3 is 4.74 Å². The predicted octanol–water partition coefficient (Wildman–Crippen LogP) is 1.56. The average Bonchev–Trinajstić information content (AvgIpc) is 2.53. The van der Waals surface area contributed by atoms with Gasteiger partial charge in [-0.05, 0) is 24.6 Å². The van der Waals surface area contributed by atoms with Gasteiger partial charge in [0.05, 0.1) is 12.2 Å². The predicted molar refractivity (Wildman–Crippen MR) is 81.1 cm³/mol. The van der Waals surface area contributed by atoms with Crippen LogP contribution in [-0.2, 0) is 0 Å². The highest BCUT2D eigenvalue weighted by molar-refractivity contribution is 7.99. The normalized spacial score (nSPS) is 10.2. The first-order valence-electron chi connectivity index (χ1n) is 6.35. The van der Waals surface area contributed by atoms with E-state index in [0.29, 0.717) is 28.8 Å². The smallest absolute Gasteiger partial charge is 0.268 e. The van der Waals surface area contributed by atoms with Crippen molar-refractivity contribution in [1.29, 1.82) is 0 Å². The Morgan fingerprint density at radius 1 is 1.33 bits per heavy atom. The first-order chi connectivity index (χ1) is 10.2. The molecule has 110 valence electrons. The second-order valence-corrected chi connectivity index (χ2v) is 5.27. The van der Waals surface area contributed by atoms with Crippen molar-refractivity contribution in [1.82, 2.24) is 15.4 Å². The molecule has 0 bridgehead atoms. The van der Waals surface area contributed by atoms with Gasteiger partial charge in [0.25, 0.3) is 5.91 Å². The molecule has 1 amide bonds. The SMILES string of the molecule is Cc1cnc(SCCOc2ccccc2C(=O)NN)nc1. The number of hydrazine groups is 1. The van der Waals surface area contributed by atoms with Gasteiger partial charge in [-0.3, -0.25) is 10.2 Å². The van der Waals surface area contributed by atoms with Crippen molar-refractivity contribution in [2.24, 2.45) is 5.84 Å². The molecule has 7 heteroatoms. The molecule has 0 saturated carbocycles. The van der Waals surface area contributed by atoms with Crippen LogP contribution in [0.2, 0.25) is 0 Å². The van der Waals surface area contributed by atoms with Gasteiger partial charge in [0.2, 0.25) is 0 Å². The van der Waals surface area contributed by atoms with Crippen LogP contribution >= 0.6 is 11.8 Å². The summed E-state index contributed by atoms with van der Waals surface area (Å²) in [6.07, 6.45) is 3.55. The van der Waals surface area contributed by atoms with Gasteiger partial charge >= 0.3 is 0 Å². The van der Waals surface area contributed by atoms with Crippen LogP contribution in [-0.4, -0.2) is 28.2 Å². The van der Waals surface area contributed by atoms with Crippen molar-refractivity contribution in [3.05, 3.63) is 47.8 Å². The zero-order chi connectivity index (χ0) is 15.1. The molecule has 1 heterocycles. The lowest BCUT2D eigenvalue weighted by Crippen LogP contribution is -2.30. The third kappa shape index (κ3) is 4.44. The number of rotatable bonds is 6. The quantitative estimate of drug-likeness (QED) is 0.210. The molecule has 0 fully saturated rings. The highest BCUT2D eigenvalue weighted by Gasteiger charge is 2.10. The summed E-state index contributed by atoms with van der Waals surface area (Å²) in [5.41, 5.74) is 3.54. The lowest BCUT2D eigenvalue weighted by atomic mass is 10.2. The maximum Gasteiger partial charge on any atom is 0.268 e. The maximum atomic E-state index is 11.6. The lowest BCUT2D eigenvalue weighted by molar-refractivity contribution is 0.0950. The Bertz CT molecular complexity index is 604. The molecule has 0 radical (unpaired) electrons. The van der Waals surface area contributed by atoms with E-state index >= 15 is 0 Å². The second-order valence-electron chi connectivity index (χ2n) is 4.21. The van der Waals surface area contributed by atoms with E-state index in [0.717, 1.165) is 5.56 Å². The minimum absolute atomic E-state index is 0.375. The summed E-state index contributed by atoms with van der Waals surface area (Å²) in [5.74, 6) is 5.95. The number of hydrogen-bond donors (Lipinski definition) is 2. The monoisotopic (exact) mass is 304 g/mol. The molecule has 1 aromatic heterocycles. The van der Waals surface area contributed by atoms with Gasteiger partial charge in [-0.25, -0.2) is 15.8 Å². The van der Waals surface area contributed by atoms with E-state index in [2.05, 4.69) is 15.4 Å². The van der Waals surface area contributed by atoms with Gasteiger partial charge in [-0.15, -0.1) is 0 Å². The molecule has 1 aromatic carbocycles. The summed E-state index contributed by atoms with van der Waals surface area (Å²) < 4.78 is 5.61. The largest absolute Gasteiger partial charge is 0.492 e. The summed E-state index contributed by atoms with van der Waals surface area (Å²) in [5, 5.41) is 0.706. The lowest BCUT2D eigenvalue weighted by Gasteiger charge is -2.09. The van der Waals surface area contributed by atoms with E-state index in [1.54, 1.807) is 36.7 Å². The average molecular weight is 304 g/mol. The molecule has 0 aliphatic carbocycles. The topological polar surface area (TPSA) is 90.1 Å². The highest BCUT2D eigenvalue weighted by Crippen LogP contribution is 2.18. The van der Waals surface area contributed by atoms with Crippen molar-refractivity contribution in [2.45, 2.75) is 12.1 Å². The van der Waals surface area contributed by atoms with Crippen LogP contribution in [0, 0.1) is 6.92 Å². The number of benzene rings is 1. The number of carbonyl (C=O) groups is 1. The van der Waals surface area contributed by atoms with Gasteiger partial charge in [0, 0.05) is 18.1 Å². The summed E-state index contributed by atoms with van der Waals surface area (Å²) in [6.45, 7) is 2.38. The van der Waals surface area contributed by atoms with Crippen molar-refractivity contribution >= 4 is 17.7 Å². The van der Waals surface area contributed by atoms with Gasteiger partial charge in [0.15, 0.2) is 5.16 Å². The number of nitrogens with two attached hydrogens (primary N) is 1. The number of aromatic nitrogens is 2. The van der Waals surface area contributed by atoms with Crippen LogP contribution in [0.5, 0.6) is 5.75 Å². The Balaban J connectivity index is 1.86. The Morgan fingerprint density at radius 2 is 2.05 bits per heavy atom. The molecule has 2 rings (SSSR count). The van der Waals surface area contributed by atoms with E-state index in [-0.39, 0.29) is 5.91 Å². The maximum absolute atomic E-state index is 11.6. The van der Waals surface area contributed by atoms with Gasteiger partial charge in [0.1, 0.15) is 5.75 Å².